The average Bonchev–Trinajstić information content (AvgIpc) is 4.01. The first kappa shape index (κ1) is 38.4. The predicted octanol–water partition coefficient (Wildman–Crippen LogP) is 5.78. The van der Waals surface area contributed by atoms with Crippen molar-refractivity contribution >= 4 is 65.8 Å². The highest BCUT2D eigenvalue weighted by atomic mass is 32.2. The second-order valence-electron chi connectivity index (χ2n) is 12.9. The number of carbonyl (C=O) groups is 2. The van der Waals surface area contributed by atoms with Crippen molar-refractivity contribution in [1.29, 1.82) is 0 Å². The molecular weight excluding hydrogens is 773 g/mol. The third kappa shape index (κ3) is 8.10. The third-order valence-corrected chi connectivity index (χ3v) is 11.7. The number of rotatable bonds is 9. The number of hydrogen-bond acceptors (Lipinski definition) is 12. The van der Waals surface area contributed by atoms with Crippen LogP contribution in [0.15, 0.2) is 141 Å². The summed E-state index contributed by atoms with van der Waals surface area (Å²) in [6, 6.07) is 23.3. The zero-order chi connectivity index (χ0) is 40.5. The summed E-state index contributed by atoms with van der Waals surface area (Å²) in [6.45, 7) is 1.78. The van der Waals surface area contributed by atoms with Crippen molar-refractivity contribution in [3.05, 3.63) is 133 Å². The van der Waals surface area contributed by atoms with Crippen molar-refractivity contribution < 1.29 is 35.3 Å². The fraction of sp³-hybridized carbons (Fsp3) is 0.0769. The molecule has 4 heterocycles. The predicted molar refractivity (Wildman–Crippen MR) is 214 cm³/mol. The molecular formula is C39H34N8O8S2. The molecule has 16 nitrogen and oxygen atoms in total. The van der Waals surface area contributed by atoms with Crippen molar-refractivity contribution in [2.24, 2.45) is 5.14 Å². The highest BCUT2D eigenvalue weighted by Gasteiger charge is 2.28. The topological polar surface area (TPSA) is 232 Å². The first-order chi connectivity index (χ1) is 27.2. The Morgan fingerprint density at radius 3 is 1.79 bits per heavy atom. The smallest absolute Gasteiger partial charge is 0.258 e. The molecule has 2 aliphatic heterocycles. The first-order valence-electron chi connectivity index (χ1n) is 17.0. The van der Waals surface area contributed by atoms with Gasteiger partial charge in [-0.1, -0.05) is 0 Å². The van der Waals surface area contributed by atoms with Crippen molar-refractivity contribution in [1.82, 2.24) is 14.3 Å². The standard InChI is InChI=1S/C20H18N4O4S.C19H16N4O4S/c1-24(2)29(26,27)15-6-4-14(5-7-15)22-10-17-16-9-13(19-11-21-12-28-19)3-8-18(16)23-20(17)25;1-11(22-13-3-5-14(6-4-13)28(20,25)26)18-15-8-12(17-9-21-10-27-17)2-7-16(15)23-19(18)24/h3-12,22H,1-2H3,(H,23,25);2-10,22H,1H3,(H,23,24)(H2,20,25,26)/b17-10-;18-11-. The normalized spacial score (nSPS) is 15.0. The van der Waals surface area contributed by atoms with Gasteiger partial charge < -0.3 is 30.1 Å². The highest BCUT2D eigenvalue weighted by molar-refractivity contribution is 7.89. The van der Waals surface area contributed by atoms with E-state index in [1.807, 2.05) is 36.4 Å². The first-order valence-corrected chi connectivity index (χ1v) is 20.0. The molecule has 8 rings (SSSR count). The summed E-state index contributed by atoms with van der Waals surface area (Å²) in [5.74, 6) is 0.757. The summed E-state index contributed by atoms with van der Waals surface area (Å²) < 4.78 is 58.8. The molecule has 18 heteroatoms. The summed E-state index contributed by atoms with van der Waals surface area (Å²) in [7, 11) is -4.28. The molecule has 0 aliphatic carbocycles. The monoisotopic (exact) mass is 806 g/mol. The van der Waals surface area contributed by atoms with Gasteiger partial charge in [0.25, 0.3) is 11.8 Å². The quantitative estimate of drug-likeness (QED) is 0.109. The van der Waals surface area contributed by atoms with Gasteiger partial charge in [0.2, 0.25) is 20.0 Å². The lowest BCUT2D eigenvalue weighted by Gasteiger charge is -2.11. The summed E-state index contributed by atoms with van der Waals surface area (Å²) in [5, 5.41) is 17.0. The summed E-state index contributed by atoms with van der Waals surface area (Å²) in [5.41, 5.74) is 7.36. The lowest BCUT2D eigenvalue weighted by Crippen LogP contribution is -2.22. The summed E-state index contributed by atoms with van der Waals surface area (Å²) in [4.78, 5) is 32.9. The number of nitrogens with zero attached hydrogens (tertiary/aromatic N) is 3. The summed E-state index contributed by atoms with van der Waals surface area (Å²) >= 11 is 0. The minimum Gasteiger partial charge on any atom is -0.444 e. The summed E-state index contributed by atoms with van der Waals surface area (Å²) in [6.07, 6.45) is 7.51. The van der Waals surface area contributed by atoms with Crippen molar-refractivity contribution in [2.75, 3.05) is 35.4 Å². The van der Waals surface area contributed by atoms with Crippen LogP contribution in [0.5, 0.6) is 0 Å². The van der Waals surface area contributed by atoms with Crippen LogP contribution in [0, 0.1) is 0 Å². The van der Waals surface area contributed by atoms with Gasteiger partial charge in [-0.2, -0.15) is 0 Å². The van der Waals surface area contributed by atoms with E-state index in [0.717, 1.165) is 26.6 Å². The number of hydrogen-bond donors (Lipinski definition) is 5. The van der Waals surface area contributed by atoms with E-state index >= 15 is 0 Å². The Balaban J connectivity index is 0.000000174. The van der Waals surface area contributed by atoms with E-state index < -0.39 is 20.0 Å². The van der Waals surface area contributed by atoms with Gasteiger partial charge in [-0.25, -0.2) is 36.2 Å². The molecule has 4 aromatic carbocycles. The number of allylic oxidation sites excluding steroid dienone is 1. The molecule has 2 amide bonds. The van der Waals surface area contributed by atoms with Crippen LogP contribution in [0.3, 0.4) is 0 Å². The molecule has 0 saturated carbocycles. The molecule has 2 aliphatic rings. The molecule has 6 N–H and O–H groups in total. The van der Waals surface area contributed by atoms with Gasteiger partial charge in [0.1, 0.15) is 0 Å². The number of amides is 2. The van der Waals surface area contributed by atoms with E-state index in [9.17, 15) is 26.4 Å². The maximum Gasteiger partial charge on any atom is 0.258 e. The third-order valence-electron chi connectivity index (χ3n) is 8.91. The number of nitrogens with two attached hydrogens (primary N) is 1. The second-order valence-corrected chi connectivity index (χ2v) is 16.6. The molecule has 2 aromatic heterocycles. The van der Waals surface area contributed by atoms with Gasteiger partial charge in [-0.3, -0.25) is 9.59 Å². The fourth-order valence-electron chi connectivity index (χ4n) is 5.99. The molecule has 0 radical (unpaired) electrons. The van der Waals surface area contributed by atoms with Crippen LogP contribution in [0.2, 0.25) is 0 Å². The molecule has 57 heavy (non-hydrogen) atoms. The Labute approximate surface area is 327 Å². The molecule has 0 bridgehead atoms. The van der Waals surface area contributed by atoms with Crippen LogP contribution < -0.4 is 26.4 Å². The van der Waals surface area contributed by atoms with Crippen LogP contribution in [-0.2, 0) is 29.6 Å². The largest absolute Gasteiger partial charge is 0.444 e. The fourth-order valence-corrected chi connectivity index (χ4v) is 7.41. The number of anilines is 4. The van der Waals surface area contributed by atoms with Gasteiger partial charge in [0, 0.05) is 71.0 Å². The second kappa shape index (κ2) is 15.3. The van der Waals surface area contributed by atoms with Crippen molar-refractivity contribution in [2.45, 2.75) is 16.7 Å². The Kier molecular flexibility index (Phi) is 10.3. The average molecular weight is 807 g/mol. The molecule has 0 saturated heterocycles. The number of fused-ring (bicyclic) bond motifs is 2. The van der Waals surface area contributed by atoms with Gasteiger partial charge >= 0.3 is 0 Å². The van der Waals surface area contributed by atoms with E-state index in [1.54, 1.807) is 49.8 Å². The number of primary sulfonamides is 1. The van der Waals surface area contributed by atoms with Crippen LogP contribution in [0.1, 0.15) is 18.1 Å². The van der Waals surface area contributed by atoms with Gasteiger partial charge in [-0.15, -0.1) is 0 Å². The van der Waals surface area contributed by atoms with Gasteiger partial charge in [0.15, 0.2) is 24.3 Å². The Hall–Kier alpha value is -6.86. The molecule has 0 spiro atoms. The number of benzene rings is 4. The Bertz CT molecular complexity index is 2780. The van der Waals surface area contributed by atoms with Gasteiger partial charge in [-0.05, 0) is 91.9 Å². The van der Waals surface area contributed by atoms with Crippen LogP contribution in [0.25, 0.3) is 33.8 Å². The number of aromatic nitrogens is 2. The van der Waals surface area contributed by atoms with E-state index in [1.165, 1.54) is 51.1 Å². The number of nitrogens with one attached hydrogen (secondary N) is 4. The maximum atomic E-state index is 12.5. The van der Waals surface area contributed by atoms with E-state index in [0.29, 0.717) is 51.1 Å². The molecule has 0 atom stereocenters. The van der Waals surface area contributed by atoms with Crippen molar-refractivity contribution in [3.8, 4) is 22.6 Å². The van der Waals surface area contributed by atoms with Crippen LogP contribution >= 0.6 is 0 Å². The lowest BCUT2D eigenvalue weighted by atomic mass is 10.0. The van der Waals surface area contributed by atoms with E-state index in [2.05, 4.69) is 31.2 Å². The van der Waals surface area contributed by atoms with Crippen LogP contribution in [-0.4, -0.2) is 57.0 Å². The Morgan fingerprint density at radius 1 is 0.719 bits per heavy atom. The van der Waals surface area contributed by atoms with Gasteiger partial charge in [0.05, 0.1) is 33.3 Å². The highest BCUT2D eigenvalue weighted by Crippen LogP contribution is 2.38. The number of sulfonamides is 2. The zero-order valence-electron chi connectivity index (χ0n) is 30.5. The zero-order valence-corrected chi connectivity index (χ0v) is 32.1. The molecule has 0 unspecified atom stereocenters. The number of oxazole rings is 2. The molecule has 290 valence electrons. The molecule has 6 aromatic rings. The SMILES string of the molecule is C/C(Nc1ccc(S(N)(=O)=O)cc1)=C1/C(=O)Nc2ccc(-c3cnco3)cc21.CN(C)S(=O)(=O)c1ccc(N/C=C2\C(=O)Nc3ccc(-c4cnco4)cc32)cc1. The Morgan fingerprint density at radius 2 is 1.25 bits per heavy atom. The maximum absolute atomic E-state index is 12.5. The minimum atomic E-state index is -3.76. The minimum absolute atomic E-state index is 0.0176. The lowest BCUT2D eigenvalue weighted by molar-refractivity contribution is -0.111. The molecule has 0 fully saturated rings. The van der Waals surface area contributed by atoms with Crippen LogP contribution in [0.4, 0.5) is 22.7 Å². The number of carbonyl (C=O) groups excluding carboxylic acids is 2. The van der Waals surface area contributed by atoms with E-state index in [-0.39, 0.29) is 21.6 Å². The van der Waals surface area contributed by atoms with E-state index in [4.69, 9.17) is 14.0 Å². The van der Waals surface area contributed by atoms with Crippen molar-refractivity contribution in [3.63, 3.8) is 0 Å².